The van der Waals surface area contributed by atoms with E-state index in [1.807, 2.05) is 0 Å². The number of carboxylic acids is 1. The van der Waals surface area contributed by atoms with Crippen molar-refractivity contribution < 1.29 is 23.9 Å². The Morgan fingerprint density at radius 1 is 1.24 bits per heavy atom. The van der Waals surface area contributed by atoms with Crippen LogP contribution in [0.25, 0.3) is 0 Å². The number of hydrogen-bond acceptors (Lipinski definition) is 3. The van der Waals surface area contributed by atoms with Crippen molar-refractivity contribution >= 4 is 17.8 Å². The average Bonchev–Trinajstić information content (AvgIpc) is 2.62. The molecule has 0 unspecified atom stereocenters. The molecule has 0 aliphatic carbocycles. The molecule has 1 aliphatic rings. The van der Waals surface area contributed by atoms with Crippen molar-refractivity contribution in [3.05, 3.63) is 35.6 Å². The predicted octanol–water partition coefficient (Wildman–Crippen LogP) is 1.59. The van der Waals surface area contributed by atoms with Crippen molar-refractivity contribution in [2.45, 2.75) is 38.1 Å². The van der Waals surface area contributed by atoms with Crippen LogP contribution in [0.4, 0.5) is 4.39 Å². The van der Waals surface area contributed by atoms with Gasteiger partial charge < -0.3 is 15.3 Å². The Morgan fingerprint density at radius 3 is 2.52 bits per heavy atom. The highest BCUT2D eigenvalue weighted by atomic mass is 19.1. The molecule has 2 N–H and O–H groups in total. The molecule has 2 atom stereocenters. The van der Waals surface area contributed by atoms with Gasteiger partial charge >= 0.3 is 5.97 Å². The summed E-state index contributed by atoms with van der Waals surface area (Å²) in [5.41, 5.74) is 0.922. The third-order valence-electron chi connectivity index (χ3n) is 4.57. The van der Waals surface area contributed by atoms with Crippen molar-refractivity contribution in [2.24, 2.45) is 5.92 Å². The standard InChI is InChI=1S/C18H23FN2O4/c1-20-17(23)13-7-10-15(18(24)25)21(11-13)16(22)4-2-3-12-5-8-14(19)9-6-12/h5-6,8-9,13,15H,2-4,7,10-11H2,1H3,(H,20,23)(H,24,25)/t13-,15-/m0/s1. The topological polar surface area (TPSA) is 86.7 Å². The van der Waals surface area contributed by atoms with E-state index in [1.165, 1.54) is 24.1 Å². The molecule has 0 aromatic heterocycles. The van der Waals surface area contributed by atoms with Gasteiger partial charge in [0.25, 0.3) is 0 Å². The number of aliphatic carboxylic acids is 1. The minimum absolute atomic E-state index is 0.131. The van der Waals surface area contributed by atoms with Crippen LogP contribution in [0.5, 0.6) is 0 Å². The lowest BCUT2D eigenvalue weighted by molar-refractivity contribution is -0.154. The van der Waals surface area contributed by atoms with E-state index in [0.717, 1.165) is 5.56 Å². The van der Waals surface area contributed by atoms with Crippen molar-refractivity contribution in [2.75, 3.05) is 13.6 Å². The van der Waals surface area contributed by atoms with E-state index < -0.39 is 12.0 Å². The van der Waals surface area contributed by atoms with Crippen molar-refractivity contribution in [3.63, 3.8) is 0 Å². The van der Waals surface area contributed by atoms with E-state index in [9.17, 15) is 23.9 Å². The average molecular weight is 350 g/mol. The Morgan fingerprint density at radius 2 is 1.92 bits per heavy atom. The number of piperidine rings is 1. The van der Waals surface area contributed by atoms with E-state index in [-0.39, 0.29) is 42.9 Å². The number of rotatable bonds is 6. The van der Waals surface area contributed by atoms with Crippen LogP contribution < -0.4 is 5.32 Å². The highest BCUT2D eigenvalue weighted by molar-refractivity contribution is 5.86. The molecule has 0 radical (unpaired) electrons. The molecule has 1 heterocycles. The van der Waals surface area contributed by atoms with Crippen LogP contribution in [0.1, 0.15) is 31.2 Å². The van der Waals surface area contributed by atoms with Gasteiger partial charge in [-0.05, 0) is 43.4 Å². The number of amides is 2. The number of carbonyl (C=O) groups excluding carboxylic acids is 2. The van der Waals surface area contributed by atoms with Gasteiger partial charge in [-0.1, -0.05) is 12.1 Å². The van der Waals surface area contributed by atoms with Gasteiger partial charge in [-0.25, -0.2) is 9.18 Å². The van der Waals surface area contributed by atoms with Crippen LogP contribution >= 0.6 is 0 Å². The summed E-state index contributed by atoms with van der Waals surface area (Å²) in [5, 5.41) is 11.9. The molecule has 25 heavy (non-hydrogen) atoms. The summed E-state index contributed by atoms with van der Waals surface area (Å²) in [6.07, 6.45) is 2.07. The number of carboxylic acid groups (broad SMARTS) is 1. The van der Waals surface area contributed by atoms with Gasteiger partial charge in [-0.3, -0.25) is 9.59 Å². The maximum Gasteiger partial charge on any atom is 0.326 e. The normalized spacial score (nSPS) is 20.2. The van der Waals surface area contributed by atoms with Gasteiger partial charge in [0.2, 0.25) is 11.8 Å². The number of nitrogens with one attached hydrogen (secondary N) is 1. The molecule has 136 valence electrons. The summed E-state index contributed by atoms with van der Waals surface area (Å²) in [4.78, 5) is 37.0. The summed E-state index contributed by atoms with van der Waals surface area (Å²) in [6, 6.07) is 5.20. The number of benzene rings is 1. The maximum absolute atomic E-state index is 12.9. The molecule has 2 amide bonds. The molecule has 0 saturated carbocycles. The van der Waals surface area contributed by atoms with E-state index in [2.05, 4.69) is 5.32 Å². The largest absolute Gasteiger partial charge is 0.480 e. The van der Waals surface area contributed by atoms with Crippen molar-refractivity contribution in [1.82, 2.24) is 10.2 Å². The van der Waals surface area contributed by atoms with Gasteiger partial charge in [-0.15, -0.1) is 0 Å². The Bertz CT molecular complexity index is 632. The number of halogens is 1. The van der Waals surface area contributed by atoms with Gasteiger partial charge in [-0.2, -0.15) is 0 Å². The molecule has 2 rings (SSSR count). The zero-order chi connectivity index (χ0) is 18.4. The first kappa shape index (κ1) is 18.9. The second kappa shape index (κ2) is 8.60. The lowest BCUT2D eigenvalue weighted by Crippen LogP contribution is -2.53. The van der Waals surface area contributed by atoms with Gasteiger partial charge in [0.1, 0.15) is 11.9 Å². The van der Waals surface area contributed by atoms with Crippen LogP contribution in [-0.2, 0) is 20.8 Å². The maximum atomic E-state index is 12.9. The van der Waals surface area contributed by atoms with E-state index in [4.69, 9.17) is 0 Å². The highest BCUT2D eigenvalue weighted by Gasteiger charge is 2.37. The monoisotopic (exact) mass is 350 g/mol. The molecule has 1 aromatic carbocycles. The summed E-state index contributed by atoms with van der Waals surface area (Å²) in [5.74, 6) is -2.15. The third kappa shape index (κ3) is 5.01. The van der Waals surface area contributed by atoms with Crippen LogP contribution in [-0.4, -0.2) is 47.4 Å². The lowest BCUT2D eigenvalue weighted by Gasteiger charge is -2.36. The van der Waals surface area contributed by atoms with Crippen molar-refractivity contribution in [3.8, 4) is 0 Å². The Hall–Kier alpha value is -2.44. The van der Waals surface area contributed by atoms with Crippen LogP contribution in [0, 0.1) is 11.7 Å². The quantitative estimate of drug-likeness (QED) is 0.816. The molecule has 1 saturated heterocycles. The first-order chi connectivity index (χ1) is 11.9. The zero-order valence-corrected chi connectivity index (χ0v) is 14.2. The molecular weight excluding hydrogens is 327 g/mol. The van der Waals surface area contributed by atoms with Gasteiger partial charge in [0.15, 0.2) is 0 Å². The van der Waals surface area contributed by atoms with Crippen LogP contribution in [0.2, 0.25) is 0 Å². The lowest BCUT2D eigenvalue weighted by atomic mass is 9.91. The van der Waals surface area contributed by atoms with Gasteiger partial charge in [0.05, 0.1) is 5.92 Å². The van der Waals surface area contributed by atoms with E-state index in [0.29, 0.717) is 19.3 Å². The molecule has 0 bridgehead atoms. The fourth-order valence-electron chi connectivity index (χ4n) is 3.16. The SMILES string of the molecule is CNC(=O)[C@H]1CC[C@@H](C(=O)O)N(C(=O)CCCc2ccc(F)cc2)C1. The third-order valence-corrected chi connectivity index (χ3v) is 4.57. The Kier molecular flexibility index (Phi) is 6.50. The minimum Gasteiger partial charge on any atom is -0.480 e. The van der Waals surface area contributed by atoms with Crippen molar-refractivity contribution in [1.29, 1.82) is 0 Å². The molecule has 7 heteroatoms. The first-order valence-corrected chi connectivity index (χ1v) is 8.40. The fraction of sp³-hybridized carbons (Fsp3) is 0.500. The molecule has 1 fully saturated rings. The molecule has 1 aromatic rings. The minimum atomic E-state index is -1.04. The zero-order valence-electron chi connectivity index (χ0n) is 14.2. The molecule has 1 aliphatic heterocycles. The number of carbonyl (C=O) groups is 3. The summed E-state index contributed by atoms with van der Waals surface area (Å²) < 4.78 is 12.9. The Labute approximate surface area is 146 Å². The predicted molar refractivity (Wildman–Crippen MR) is 89.3 cm³/mol. The number of hydrogen-bond donors (Lipinski definition) is 2. The van der Waals surface area contributed by atoms with Gasteiger partial charge in [0, 0.05) is 20.0 Å². The second-order valence-corrected chi connectivity index (χ2v) is 6.27. The highest BCUT2D eigenvalue weighted by Crippen LogP contribution is 2.24. The summed E-state index contributed by atoms with van der Waals surface area (Å²) >= 11 is 0. The fourth-order valence-corrected chi connectivity index (χ4v) is 3.16. The van der Waals surface area contributed by atoms with Crippen LogP contribution in [0.3, 0.4) is 0 Å². The summed E-state index contributed by atoms with van der Waals surface area (Å²) in [7, 11) is 1.53. The van der Waals surface area contributed by atoms with E-state index in [1.54, 1.807) is 12.1 Å². The van der Waals surface area contributed by atoms with Crippen LogP contribution in [0.15, 0.2) is 24.3 Å². The second-order valence-electron chi connectivity index (χ2n) is 6.27. The number of likely N-dealkylation sites (tertiary alicyclic amines) is 1. The number of nitrogens with zero attached hydrogens (tertiary/aromatic N) is 1. The smallest absolute Gasteiger partial charge is 0.326 e. The molecular formula is C18H23FN2O4. The van der Waals surface area contributed by atoms with E-state index >= 15 is 0 Å². The molecule has 6 nitrogen and oxygen atoms in total. The molecule has 0 spiro atoms. The number of aryl methyl sites for hydroxylation is 1. The summed E-state index contributed by atoms with van der Waals surface area (Å²) in [6.45, 7) is 0.131. The first-order valence-electron chi connectivity index (χ1n) is 8.40. The Balaban J connectivity index is 1.94.